The molecule has 0 saturated heterocycles. The van der Waals surface area contributed by atoms with Crippen LogP contribution in [0.3, 0.4) is 0 Å². The van der Waals surface area contributed by atoms with Crippen molar-refractivity contribution in [2.45, 2.75) is 13.0 Å². The molecule has 158 valence electrons. The molecule has 1 heterocycles. The molecule has 1 amide bonds. The molecular formula is C20H21N3O7. The summed E-state index contributed by atoms with van der Waals surface area (Å²) in [5.41, 5.74) is 0.878. The first kappa shape index (κ1) is 20.9. The van der Waals surface area contributed by atoms with E-state index in [0.717, 1.165) is 11.6 Å². The molecule has 1 aliphatic rings. The van der Waals surface area contributed by atoms with Crippen molar-refractivity contribution in [1.82, 2.24) is 5.32 Å². The second-order valence-corrected chi connectivity index (χ2v) is 6.51. The molecule has 2 aromatic carbocycles. The molecule has 10 nitrogen and oxygen atoms in total. The molecule has 10 heteroatoms. The molecule has 0 unspecified atom stereocenters. The Hall–Kier alpha value is -3.82. The zero-order chi connectivity index (χ0) is 21.7. The molecule has 1 aliphatic heterocycles. The predicted octanol–water partition coefficient (Wildman–Crippen LogP) is 2.44. The number of hydrogen-bond donors (Lipinski definition) is 2. The summed E-state index contributed by atoms with van der Waals surface area (Å²) in [6.45, 7) is 2.20. The maximum absolute atomic E-state index is 12.3. The van der Waals surface area contributed by atoms with Gasteiger partial charge in [-0.25, -0.2) is 4.79 Å². The van der Waals surface area contributed by atoms with Crippen molar-refractivity contribution in [3.8, 4) is 11.5 Å². The average Bonchev–Trinajstić information content (AvgIpc) is 2.76. The highest BCUT2D eigenvalue weighted by molar-refractivity contribution is 5.97. The first-order valence-corrected chi connectivity index (χ1v) is 9.21. The third-order valence-corrected chi connectivity index (χ3v) is 4.48. The number of ether oxygens (including phenoxy) is 3. The Balaban J connectivity index is 1.60. The average molecular weight is 415 g/mol. The van der Waals surface area contributed by atoms with Gasteiger partial charge in [0.05, 0.1) is 16.5 Å². The van der Waals surface area contributed by atoms with Crippen molar-refractivity contribution in [1.29, 1.82) is 0 Å². The van der Waals surface area contributed by atoms with Crippen LogP contribution in [0.25, 0.3) is 0 Å². The number of amides is 1. The Morgan fingerprint density at radius 2 is 1.90 bits per heavy atom. The number of fused-ring (bicyclic) bond motifs is 1. The minimum absolute atomic E-state index is 0.0283. The number of carbonyl (C=O) groups excluding carboxylic acids is 2. The van der Waals surface area contributed by atoms with Crippen LogP contribution in [0.15, 0.2) is 36.4 Å². The quantitative estimate of drug-likeness (QED) is 0.401. The largest absolute Gasteiger partial charge is 0.486 e. The summed E-state index contributed by atoms with van der Waals surface area (Å²) in [7, 11) is 1.57. The first-order chi connectivity index (χ1) is 14.4. The molecular weight excluding hydrogens is 394 g/mol. The molecule has 0 spiro atoms. The monoisotopic (exact) mass is 415 g/mol. The number of esters is 1. The number of nitrogens with zero attached hydrogens (tertiary/aromatic N) is 1. The summed E-state index contributed by atoms with van der Waals surface area (Å²) in [4.78, 5) is 34.9. The lowest BCUT2D eigenvalue weighted by molar-refractivity contribution is -0.384. The maximum atomic E-state index is 12.3. The van der Waals surface area contributed by atoms with Crippen molar-refractivity contribution in [2.24, 2.45) is 0 Å². The predicted molar refractivity (Wildman–Crippen MR) is 107 cm³/mol. The van der Waals surface area contributed by atoms with Gasteiger partial charge in [-0.2, -0.15) is 0 Å². The molecule has 2 N–H and O–H groups in total. The van der Waals surface area contributed by atoms with Gasteiger partial charge in [0.15, 0.2) is 18.1 Å². The Kier molecular flexibility index (Phi) is 6.35. The second kappa shape index (κ2) is 9.12. The minimum atomic E-state index is -0.842. The molecule has 0 saturated carbocycles. The van der Waals surface area contributed by atoms with E-state index in [1.165, 1.54) is 12.1 Å². The summed E-state index contributed by atoms with van der Waals surface area (Å²) in [6, 6.07) is 8.78. The molecule has 0 fully saturated rings. The van der Waals surface area contributed by atoms with Crippen LogP contribution in [0.1, 0.15) is 28.9 Å². The summed E-state index contributed by atoms with van der Waals surface area (Å²) in [5.74, 6) is -0.0985. The van der Waals surface area contributed by atoms with Crippen LogP contribution in [0.2, 0.25) is 0 Å². The van der Waals surface area contributed by atoms with Gasteiger partial charge < -0.3 is 24.8 Å². The lowest BCUT2D eigenvalue weighted by Crippen LogP contribution is -2.31. The maximum Gasteiger partial charge on any atom is 0.341 e. The smallest absolute Gasteiger partial charge is 0.341 e. The number of anilines is 1. The standard InChI is InChI=1S/C20H21N3O7/c1-12(13-3-6-17-18(9-13)29-8-7-28-17)22-19(24)11-30-20(25)15-10-14(23(26)27)4-5-16(15)21-2/h3-6,9-10,12,21H,7-8,11H2,1-2H3,(H,22,24)/t12-/m0/s1. The van der Waals surface area contributed by atoms with Gasteiger partial charge in [-0.1, -0.05) is 6.07 Å². The van der Waals surface area contributed by atoms with Crippen LogP contribution >= 0.6 is 0 Å². The number of nitro benzene ring substituents is 1. The topological polar surface area (TPSA) is 129 Å². The number of benzene rings is 2. The third-order valence-electron chi connectivity index (χ3n) is 4.48. The van der Waals surface area contributed by atoms with Crippen LogP contribution in [0.5, 0.6) is 11.5 Å². The Labute approximate surface area is 172 Å². The van der Waals surface area contributed by atoms with Crippen molar-refractivity contribution in [3.05, 3.63) is 57.6 Å². The molecule has 3 rings (SSSR count). The second-order valence-electron chi connectivity index (χ2n) is 6.51. The molecule has 30 heavy (non-hydrogen) atoms. The Morgan fingerprint density at radius 3 is 2.60 bits per heavy atom. The van der Waals surface area contributed by atoms with Crippen molar-refractivity contribution < 1.29 is 28.7 Å². The van der Waals surface area contributed by atoms with E-state index < -0.39 is 23.4 Å². The van der Waals surface area contributed by atoms with Crippen molar-refractivity contribution >= 4 is 23.3 Å². The van der Waals surface area contributed by atoms with Crippen LogP contribution in [0.4, 0.5) is 11.4 Å². The van der Waals surface area contributed by atoms with Crippen LogP contribution < -0.4 is 20.1 Å². The number of carbonyl (C=O) groups is 2. The van der Waals surface area contributed by atoms with Crippen LogP contribution in [-0.2, 0) is 9.53 Å². The summed E-state index contributed by atoms with van der Waals surface area (Å²) in [6.07, 6.45) is 0. The zero-order valence-corrected chi connectivity index (χ0v) is 16.5. The number of nitro groups is 1. The number of nitrogens with one attached hydrogen (secondary N) is 2. The van der Waals surface area contributed by atoms with Gasteiger partial charge >= 0.3 is 5.97 Å². The molecule has 0 aromatic heterocycles. The van der Waals surface area contributed by atoms with E-state index in [4.69, 9.17) is 14.2 Å². The van der Waals surface area contributed by atoms with Crippen LogP contribution in [-0.4, -0.2) is 43.7 Å². The number of hydrogen-bond acceptors (Lipinski definition) is 8. The van der Waals surface area contributed by atoms with Gasteiger partial charge in [0.1, 0.15) is 13.2 Å². The minimum Gasteiger partial charge on any atom is -0.486 e. The fourth-order valence-corrected chi connectivity index (χ4v) is 2.94. The van der Waals surface area contributed by atoms with Gasteiger partial charge in [0.2, 0.25) is 0 Å². The van der Waals surface area contributed by atoms with Gasteiger partial charge in [0.25, 0.3) is 11.6 Å². The Bertz CT molecular complexity index is 977. The molecule has 2 aromatic rings. The van der Waals surface area contributed by atoms with Crippen molar-refractivity contribution in [3.63, 3.8) is 0 Å². The lowest BCUT2D eigenvalue weighted by atomic mass is 10.1. The highest BCUT2D eigenvalue weighted by atomic mass is 16.6. The van der Waals surface area contributed by atoms with E-state index in [1.54, 1.807) is 26.1 Å². The van der Waals surface area contributed by atoms with E-state index in [9.17, 15) is 19.7 Å². The molecule has 0 radical (unpaired) electrons. The molecule has 1 atom stereocenters. The summed E-state index contributed by atoms with van der Waals surface area (Å²) in [5, 5.41) is 16.4. The fraction of sp³-hybridized carbons (Fsp3) is 0.300. The van der Waals surface area contributed by atoms with E-state index in [-0.39, 0.29) is 17.3 Å². The lowest BCUT2D eigenvalue weighted by Gasteiger charge is -2.21. The van der Waals surface area contributed by atoms with Gasteiger partial charge in [-0.3, -0.25) is 14.9 Å². The van der Waals surface area contributed by atoms with Gasteiger partial charge in [-0.15, -0.1) is 0 Å². The van der Waals surface area contributed by atoms with E-state index in [2.05, 4.69) is 10.6 Å². The normalized spacial score (nSPS) is 13.1. The summed E-state index contributed by atoms with van der Waals surface area (Å²) >= 11 is 0. The van der Waals surface area contributed by atoms with Gasteiger partial charge in [-0.05, 0) is 30.7 Å². The highest BCUT2D eigenvalue weighted by Crippen LogP contribution is 2.32. The number of non-ortho nitro benzene ring substituents is 1. The highest BCUT2D eigenvalue weighted by Gasteiger charge is 2.20. The molecule has 0 aliphatic carbocycles. The fourth-order valence-electron chi connectivity index (χ4n) is 2.94. The van der Waals surface area contributed by atoms with E-state index in [1.807, 2.05) is 6.07 Å². The van der Waals surface area contributed by atoms with Crippen LogP contribution in [0, 0.1) is 10.1 Å². The first-order valence-electron chi connectivity index (χ1n) is 9.21. The SMILES string of the molecule is CNc1ccc([N+](=O)[O-])cc1C(=O)OCC(=O)N[C@@H](C)c1ccc2c(c1)OCCO2. The van der Waals surface area contributed by atoms with Gasteiger partial charge in [0, 0.05) is 24.9 Å². The van der Waals surface area contributed by atoms with Crippen molar-refractivity contribution in [2.75, 3.05) is 32.2 Å². The zero-order valence-electron chi connectivity index (χ0n) is 16.5. The molecule has 0 bridgehead atoms. The summed E-state index contributed by atoms with van der Waals surface area (Å²) < 4.78 is 16.0. The Morgan fingerprint density at radius 1 is 1.17 bits per heavy atom. The number of rotatable bonds is 7. The van der Waals surface area contributed by atoms with E-state index in [0.29, 0.717) is 30.4 Å². The van der Waals surface area contributed by atoms with E-state index >= 15 is 0 Å². The third kappa shape index (κ3) is 4.77.